The Kier molecular flexibility index (Phi) is 5.31. The van der Waals surface area contributed by atoms with E-state index in [0.29, 0.717) is 4.68 Å². The van der Waals surface area contributed by atoms with E-state index in [1.54, 1.807) is 0 Å². The van der Waals surface area contributed by atoms with Crippen molar-refractivity contribution < 1.29 is 31.5 Å². The number of phenols is 1. The topological polar surface area (TPSA) is 101 Å². The van der Waals surface area contributed by atoms with Gasteiger partial charge in [-0.2, -0.15) is 18.3 Å². The average Bonchev–Trinajstić information content (AvgIpc) is 2.90. The Bertz CT molecular complexity index is 936. The molecule has 2 rings (SSSR count). The number of phenolic OH excluding ortho intramolecular Hbond substituents is 1. The van der Waals surface area contributed by atoms with Crippen molar-refractivity contribution in [3.05, 3.63) is 35.7 Å². The van der Waals surface area contributed by atoms with Gasteiger partial charge in [0.15, 0.2) is 9.84 Å². The van der Waals surface area contributed by atoms with Crippen LogP contribution in [0.3, 0.4) is 0 Å². The maximum atomic E-state index is 12.9. The van der Waals surface area contributed by atoms with Crippen molar-refractivity contribution in [2.45, 2.75) is 31.5 Å². The Hall–Kier alpha value is -2.56. The highest BCUT2D eigenvalue weighted by Crippen LogP contribution is 2.30. The van der Waals surface area contributed by atoms with Crippen molar-refractivity contribution in [2.75, 3.05) is 11.1 Å². The molecule has 0 aliphatic rings. The van der Waals surface area contributed by atoms with Crippen LogP contribution in [0.15, 0.2) is 29.2 Å². The van der Waals surface area contributed by atoms with Gasteiger partial charge in [0.05, 0.1) is 22.0 Å². The molecule has 7 nitrogen and oxygen atoms in total. The van der Waals surface area contributed by atoms with Crippen LogP contribution in [0, 0.1) is 6.92 Å². The van der Waals surface area contributed by atoms with Gasteiger partial charge in [0.25, 0.3) is 0 Å². The van der Waals surface area contributed by atoms with Crippen molar-refractivity contribution in [2.24, 2.45) is 0 Å². The van der Waals surface area contributed by atoms with Crippen molar-refractivity contribution in [1.29, 1.82) is 0 Å². The predicted octanol–water partition coefficient (Wildman–Crippen LogP) is 2.35. The number of nitrogens with zero attached hydrogens (tertiary/aromatic N) is 2. The molecule has 0 aliphatic heterocycles. The van der Waals surface area contributed by atoms with Crippen molar-refractivity contribution in [3.8, 4) is 5.75 Å². The number of nitrogens with one attached hydrogen (secondary N) is 1. The first-order valence-electron chi connectivity index (χ1n) is 7.41. The smallest absolute Gasteiger partial charge is 0.433 e. The van der Waals surface area contributed by atoms with Gasteiger partial charge in [-0.3, -0.25) is 9.48 Å². The molecule has 0 spiro atoms. The molecule has 26 heavy (non-hydrogen) atoms. The van der Waals surface area contributed by atoms with Crippen LogP contribution in [-0.2, 0) is 27.4 Å². The van der Waals surface area contributed by atoms with E-state index in [0.717, 1.165) is 18.2 Å². The Morgan fingerprint density at radius 3 is 2.54 bits per heavy atom. The maximum absolute atomic E-state index is 12.9. The minimum Gasteiger partial charge on any atom is -0.506 e. The summed E-state index contributed by atoms with van der Waals surface area (Å²) in [5.74, 6) is -1.51. The number of amides is 1. The Balaban J connectivity index is 2.25. The second-order valence-electron chi connectivity index (χ2n) is 5.46. The SMILES string of the molecule is CCS(=O)(=O)c1ccc(O)c(NC(=O)Cn2nc(C)cc2C(F)(F)F)c1. The average molecular weight is 391 g/mol. The third kappa shape index (κ3) is 4.34. The summed E-state index contributed by atoms with van der Waals surface area (Å²) < 4.78 is 63.0. The second-order valence-corrected chi connectivity index (χ2v) is 7.74. The van der Waals surface area contributed by atoms with Crippen LogP contribution < -0.4 is 5.32 Å². The van der Waals surface area contributed by atoms with Gasteiger partial charge in [-0.1, -0.05) is 6.92 Å². The fraction of sp³-hybridized carbons (Fsp3) is 0.333. The van der Waals surface area contributed by atoms with Gasteiger partial charge in [-0.25, -0.2) is 8.42 Å². The van der Waals surface area contributed by atoms with E-state index in [9.17, 15) is 31.5 Å². The maximum Gasteiger partial charge on any atom is 0.433 e. The van der Waals surface area contributed by atoms with Crippen LogP contribution in [0.25, 0.3) is 0 Å². The third-order valence-corrected chi connectivity index (χ3v) is 5.20. The summed E-state index contributed by atoms with van der Waals surface area (Å²) >= 11 is 0. The van der Waals surface area contributed by atoms with E-state index in [1.165, 1.54) is 19.9 Å². The van der Waals surface area contributed by atoms with Gasteiger partial charge in [0, 0.05) is 0 Å². The Morgan fingerprint density at radius 2 is 1.96 bits per heavy atom. The lowest BCUT2D eigenvalue weighted by Gasteiger charge is -2.12. The van der Waals surface area contributed by atoms with Crippen molar-refractivity contribution in [1.82, 2.24) is 9.78 Å². The van der Waals surface area contributed by atoms with Crippen LogP contribution in [0.5, 0.6) is 5.75 Å². The zero-order valence-corrected chi connectivity index (χ0v) is 14.6. The zero-order valence-electron chi connectivity index (χ0n) is 13.8. The summed E-state index contributed by atoms with van der Waals surface area (Å²) in [7, 11) is -3.58. The monoisotopic (exact) mass is 391 g/mol. The van der Waals surface area contributed by atoms with Crippen LogP contribution in [0.1, 0.15) is 18.3 Å². The fourth-order valence-electron chi connectivity index (χ4n) is 2.20. The molecule has 0 fully saturated rings. The summed E-state index contributed by atoms with van der Waals surface area (Å²) in [6.45, 7) is 2.03. The standard InChI is InChI=1S/C15H16F3N3O4S/c1-3-26(24,25)10-4-5-12(22)11(7-10)19-14(23)8-21-13(15(16,17)18)6-9(2)20-21/h4-7,22H,3,8H2,1-2H3,(H,19,23). The first kappa shape index (κ1) is 19.8. The molecule has 142 valence electrons. The lowest BCUT2D eigenvalue weighted by atomic mass is 10.3. The summed E-state index contributed by atoms with van der Waals surface area (Å²) in [5.41, 5.74) is -1.22. The van der Waals surface area contributed by atoms with E-state index < -0.39 is 39.9 Å². The minimum absolute atomic E-state index is 0.0870. The van der Waals surface area contributed by atoms with Crippen LogP contribution in [-0.4, -0.2) is 35.0 Å². The molecule has 0 saturated carbocycles. The van der Waals surface area contributed by atoms with Gasteiger partial charge >= 0.3 is 6.18 Å². The summed E-state index contributed by atoms with van der Waals surface area (Å²) in [4.78, 5) is 11.9. The van der Waals surface area contributed by atoms with Gasteiger partial charge in [-0.15, -0.1) is 0 Å². The molecule has 2 aromatic rings. The second kappa shape index (κ2) is 6.98. The molecule has 1 heterocycles. The number of hydrogen-bond donors (Lipinski definition) is 2. The number of hydrogen-bond acceptors (Lipinski definition) is 5. The number of aryl methyl sites for hydroxylation is 1. The summed E-state index contributed by atoms with van der Waals surface area (Å²) in [5, 5.41) is 15.6. The van der Waals surface area contributed by atoms with E-state index in [1.807, 2.05) is 0 Å². The minimum atomic E-state index is -4.68. The molecule has 2 N–H and O–H groups in total. The van der Waals surface area contributed by atoms with Crippen molar-refractivity contribution in [3.63, 3.8) is 0 Å². The molecule has 0 atom stereocenters. The number of rotatable bonds is 5. The first-order chi connectivity index (χ1) is 11.9. The molecule has 1 aromatic carbocycles. The zero-order chi connectivity index (χ0) is 19.7. The molecule has 0 saturated heterocycles. The van der Waals surface area contributed by atoms with E-state index >= 15 is 0 Å². The summed E-state index contributed by atoms with van der Waals surface area (Å²) in [6, 6.07) is 4.10. The number of halogens is 3. The van der Waals surface area contributed by atoms with Gasteiger partial charge in [-0.05, 0) is 31.2 Å². The van der Waals surface area contributed by atoms with E-state index in [2.05, 4.69) is 10.4 Å². The highest BCUT2D eigenvalue weighted by molar-refractivity contribution is 7.91. The van der Waals surface area contributed by atoms with Gasteiger partial charge in [0.1, 0.15) is 18.0 Å². The highest BCUT2D eigenvalue weighted by atomic mass is 32.2. The first-order valence-corrected chi connectivity index (χ1v) is 9.06. The fourth-order valence-corrected chi connectivity index (χ4v) is 3.10. The number of anilines is 1. The van der Waals surface area contributed by atoms with Crippen LogP contribution in [0.4, 0.5) is 18.9 Å². The quantitative estimate of drug-likeness (QED) is 0.762. The third-order valence-electron chi connectivity index (χ3n) is 3.47. The molecule has 0 unspecified atom stereocenters. The lowest BCUT2D eigenvalue weighted by molar-refractivity contribution is -0.144. The van der Waals surface area contributed by atoms with Gasteiger partial charge in [0.2, 0.25) is 5.91 Å². The van der Waals surface area contributed by atoms with Gasteiger partial charge < -0.3 is 10.4 Å². The Morgan fingerprint density at radius 1 is 1.31 bits per heavy atom. The molecule has 0 aliphatic carbocycles. The number of carbonyl (C=O) groups excluding carboxylic acids is 1. The number of aromatic hydroxyl groups is 1. The molecule has 0 bridgehead atoms. The number of carbonyl (C=O) groups is 1. The number of aromatic nitrogens is 2. The molecule has 0 radical (unpaired) electrons. The van der Waals surface area contributed by atoms with Crippen LogP contribution in [0.2, 0.25) is 0 Å². The van der Waals surface area contributed by atoms with E-state index in [4.69, 9.17) is 0 Å². The normalized spacial score (nSPS) is 12.2. The largest absolute Gasteiger partial charge is 0.506 e. The molecular formula is C15H16F3N3O4S. The number of alkyl halides is 3. The molecule has 1 aromatic heterocycles. The van der Waals surface area contributed by atoms with Crippen molar-refractivity contribution >= 4 is 21.4 Å². The molecule has 11 heteroatoms. The summed E-state index contributed by atoms with van der Waals surface area (Å²) in [6.07, 6.45) is -4.68. The van der Waals surface area contributed by atoms with Crippen LogP contribution >= 0.6 is 0 Å². The Labute approximate surface area is 147 Å². The molecular weight excluding hydrogens is 375 g/mol. The number of benzene rings is 1. The van der Waals surface area contributed by atoms with E-state index in [-0.39, 0.29) is 22.0 Å². The lowest BCUT2D eigenvalue weighted by Crippen LogP contribution is -2.23. The number of sulfone groups is 1. The predicted molar refractivity (Wildman–Crippen MR) is 86.4 cm³/mol. The highest BCUT2D eigenvalue weighted by Gasteiger charge is 2.35. The molecule has 1 amide bonds.